The first-order valence-corrected chi connectivity index (χ1v) is 10.6. The van der Waals surface area contributed by atoms with Gasteiger partial charge in [-0.15, -0.1) is 11.3 Å². The molecule has 1 N–H and O–H groups in total. The van der Waals surface area contributed by atoms with Crippen molar-refractivity contribution in [1.29, 1.82) is 0 Å². The molecule has 28 heavy (non-hydrogen) atoms. The highest BCUT2D eigenvalue weighted by molar-refractivity contribution is 7.15. The van der Waals surface area contributed by atoms with Gasteiger partial charge < -0.3 is 9.72 Å². The molecule has 0 amide bonds. The number of fused-ring (bicyclic) bond motifs is 1. The van der Waals surface area contributed by atoms with E-state index in [1.165, 1.54) is 15.3 Å². The second-order valence-electron chi connectivity index (χ2n) is 7.61. The van der Waals surface area contributed by atoms with E-state index in [4.69, 9.17) is 9.72 Å². The van der Waals surface area contributed by atoms with Gasteiger partial charge in [-0.1, -0.05) is 12.1 Å². The van der Waals surface area contributed by atoms with Gasteiger partial charge in [0.2, 0.25) is 0 Å². The zero-order chi connectivity index (χ0) is 19.1. The van der Waals surface area contributed by atoms with E-state index in [0.29, 0.717) is 12.5 Å². The summed E-state index contributed by atoms with van der Waals surface area (Å²) in [7, 11) is 1.69. The molecular weight excluding hydrogens is 370 g/mol. The van der Waals surface area contributed by atoms with Gasteiger partial charge in [0.1, 0.15) is 11.6 Å². The van der Waals surface area contributed by atoms with Gasteiger partial charge in [-0.25, -0.2) is 4.98 Å². The van der Waals surface area contributed by atoms with E-state index in [0.717, 1.165) is 55.2 Å². The maximum absolute atomic E-state index is 12.5. The topological polar surface area (TPSA) is 58.2 Å². The van der Waals surface area contributed by atoms with E-state index in [2.05, 4.69) is 34.1 Å². The van der Waals surface area contributed by atoms with Crippen molar-refractivity contribution >= 4 is 11.3 Å². The van der Waals surface area contributed by atoms with Crippen molar-refractivity contribution in [1.82, 2.24) is 14.9 Å². The smallest absolute Gasteiger partial charge is 0.255 e. The number of nitrogens with one attached hydrogen (secondary N) is 1. The van der Waals surface area contributed by atoms with Crippen LogP contribution in [0.2, 0.25) is 0 Å². The molecule has 1 aliphatic carbocycles. The first-order chi connectivity index (χ1) is 13.7. The standard InChI is InChI=1S/C22H23N3O2S/c1-27-16-4-2-3-15(11-16)20-8-7-17(28-20)12-25-10-9-19-18(13-25)22(26)24-21(23-19)14-5-6-14/h2-4,7-8,11,14H,5-6,9-10,12-13H2,1H3,(H,23,24,26). The van der Waals surface area contributed by atoms with E-state index in [1.807, 2.05) is 12.1 Å². The lowest BCUT2D eigenvalue weighted by Crippen LogP contribution is -2.35. The maximum atomic E-state index is 12.5. The van der Waals surface area contributed by atoms with Crippen molar-refractivity contribution in [3.8, 4) is 16.2 Å². The minimum absolute atomic E-state index is 0.0554. The molecule has 2 aromatic heterocycles. The van der Waals surface area contributed by atoms with Gasteiger partial charge in [0.25, 0.3) is 5.56 Å². The quantitative estimate of drug-likeness (QED) is 0.713. The number of H-pyrrole nitrogens is 1. The molecule has 6 heteroatoms. The normalized spacial score (nSPS) is 16.8. The lowest BCUT2D eigenvalue weighted by Gasteiger charge is -2.27. The summed E-state index contributed by atoms with van der Waals surface area (Å²) in [6.45, 7) is 2.48. The second-order valence-corrected chi connectivity index (χ2v) is 8.78. The van der Waals surface area contributed by atoms with Crippen LogP contribution in [0.1, 0.15) is 40.7 Å². The van der Waals surface area contributed by atoms with Crippen LogP contribution in [0.25, 0.3) is 10.4 Å². The summed E-state index contributed by atoms with van der Waals surface area (Å²) in [5.74, 6) is 2.26. The van der Waals surface area contributed by atoms with Gasteiger partial charge >= 0.3 is 0 Å². The number of rotatable bonds is 5. The van der Waals surface area contributed by atoms with Crippen molar-refractivity contribution in [3.05, 3.63) is 68.7 Å². The van der Waals surface area contributed by atoms with Crippen molar-refractivity contribution in [2.45, 2.75) is 38.3 Å². The Hall–Kier alpha value is -2.44. The number of methoxy groups -OCH3 is 1. The molecule has 0 unspecified atom stereocenters. The molecule has 5 rings (SSSR count). The molecular formula is C22H23N3O2S. The van der Waals surface area contributed by atoms with Crippen molar-refractivity contribution < 1.29 is 4.74 Å². The van der Waals surface area contributed by atoms with Gasteiger partial charge in [-0.05, 0) is 42.7 Å². The predicted molar refractivity (Wildman–Crippen MR) is 111 cm³/mol. The van der Waals surface area contributed by atoms with Crippen LogP contribution in [-0.4, -0.2) is 28.5 Å². The maximum Gasteiger partial charge on any atom is 0.255 e. The monoisotopic (exact) mass is 393 g/mol. The number of benzene rings is 1. The summed E-state index contributed by atoms with van der Waals surface area (Å²) in [5, 5.41) is 0. The number of hydrogen-bond donors (Lipinski definition) is 1. The SMILES string of the molecule is COc1cccc(-c2ccc(CN3CCc4nc(C5CC5)[nH]c(=O)c4C3)s2)c1. The van der Waals surface area contributed by atoms with E-state index in [9.17, 15) is 4.79 Å². The summed E-state index contributed by atoms with van der Waals surface area (Å²) >= 11 is 1.80. The summed E-state index contributed by atoms with van der Waals surface area (Å²) in [6, 6.07) is 12.5. The summed E-state index contributed by atoms with van der Waals surface area (Å²) in [4.78, 5) is 25.2. The van der Waals surface area contributed by atoms with Crippen LogP contribution in [0.3, 0.4) is 0 Å². The predicted octanol–water partition coefficient (Wildman–Crippen LogP) is 3.94. The Morgan fingerprint density at radius 2 is 2.18 bits per heavy atom. The number of hydrogen-bond acceptors (Lipinski definition) is 5. The first-order valence-electron chi connectivity index (χ1n) is 9.77. The highest BCUT2D eigenvalue weighted by Crippen LogP contribution is 2.38. The number of aromatic nitrogens is 2. The largest absolute Gasteiger partial charge is 0.497 e. The second kappa shape index (κ2) is 7.18. The molecule has 1 aromatic carbocycles. The average Bonchev–Trinajstić information content (AvgIpc) is 3.47. The van der Waals surface area contributed by atoms with E-state index in [1.54, 1.807) is 18.4 Å². The fourth-order valence-electron chi connectivity index (χ4n) is 3.80. The fourth-order valence-corrected chi connectivity index (χ4v) is 4.85. The van der Waals surface area contributed by atoms with Crippen LogP contribution in [0, 0.1) is 0 Å². The number of ether oxygens (including phenoxy) is 1. The molecule has 3 aromatic rings. The molecule has 0 radical (unpaired) electrons. The molecule has 3 heterocycles. The lowest BCUT2D eigenvalue weighted by molar-refractivity contribution is 0.243. The minimum Gasteiger partial charge on any atom is -0.497 e. The summed E-state index contributed by atoms with van der Waals surface area (Å²) in [5.41, 5.74) is 3.08. The third kappa shape index (κ3) is 3.50. The fraction of sp³-hybridized carbons (Fsp3) is 0.364. The van der Waals surface area contributed by atoms with Crippen LogP contribution in [0.4, 0.5) is 0 Å². The highest BCUT2D eigenvalue weighted by atomic mass is 32.1. The zero-order valence-electron chi connectivity index (χ0n) is 15.9. The van der Waals surface area contributed by atoms with Crippen LogP contribution < -0.4 is 10.3 Å². The Balaban J connectivity index is 1.31. The zero-order valence-corrected chi connectivity index (χ0v) is 16.7. The molecule has 144 valence electrons. The highest BCUT2D eigenvalue weighted by Gasteiger charge is 2.29. The van der Waals surface area contributed by atoms with E-state index < -0.39 is 0 Å². The molecule has 1 aliphatic heterocycles. The van der Waals surface area contributed by atoms with Gasteiger partial charge in [-0.2, -0.15) is 0 Å². The van der Waals surface area contributed by atoms with Gasteiger partial charge in [0.05, 0.1) is 18.4 Å². The lowest BCUT2D eigenvalue weighted by atomic mass is 10.1. The van der Waals surface area contributed by atoms with Gasteiger partial charge in [0, 0.05) is 41.7 Å². The molecule has 1 fully saturated rings. The minimum atomic E-state index is 0.0554. The Morgan fingerprint density at radius 3 is 3.00 bits per heavy atom. The Labute approximate surface area is 168 Å². The number of thiophene rings is 1. The average molecular weight is 394 g/mol. The van der Waals surface area contributed by atoms with Crippen molar-refractivity contribution in [3.63, 3.8) is 0 Å². The van der Waals surface area contributed by atoms with Gasteiger partial charge in [-0.3, -0.25) is 9.69 Å². The molecule has 2 aliphatic rings. The number of aromatic amines is 1. The van der Waals surface area contributed by atoms with Crippen molar-refractivity contribution in [2.24, 2.45) is 0 Å². The molecule has 5 nitrogen and oxygen atoms in total. The molecule has 0 spiro atoms. The van der Waals surface area contributed by atoms with Crippen LogP contribution >= 0.6 is 11.3 Å². The summed E-state index contributed by atoms with van der Waals surface area (Å²) < 4.78 is 5.33. The molecule has 0 atom stereocenters. The first kappa shape index (κ1) is 17.6. The third-order valence-electron chi connectivity index (χ3n) is 5.53. The van der Waals surface area contributed by atoms with E-state index in [-0.39, 0.29) is 5.56 Å². The third-order valence-corrected chi connectivity index (χ3v) is 6.64. The van der Waals surface area contributed by atoms with Crippen LogP contribution in [0.5, 0.6) is 5.75 Å². The number of nitrogens with zero attached hydrogens (tertiary/aromatic N) is 2. The Bertz CT molecular complexity index is 1070. The van der Waals surface area contributed by atoms with Crippen LogP contribution in [0.15, 0.2) is 41.2 Å². The summed E-state index contributed by atoms with van der Waals surface area (Å²) in [6.07, 6.45) is 3.16. The Morgan fingerprint density at radius 1 is 1.29 bits per heavy atom. The van der Waals surface area contributed by atoms with Crippen LogP contribution in [-0.2, 0) is 19.5 Å². The van der Waals surface area contributed by atoms with E-state index >= 15 is 0 Å². The van der Waals surface area contributed by atoms with Crippen molar-refractivity contribution in [2.75, 3.05) is 13.7 Å². The molecule has 0 bridgehead atoms. The Kier molecular flexibility index (Phi) is 4.53. The van der Waals surface area contributed by atoms with Gasteiger partial charge in [0.15, 0.2) is 0 Å². The molecule has 0 saturated heterocycles. The molecule has 1 saturated carbocycles.